The molecular weight excluding hydrogens is 344 g/mol. The largest absolute Gasteiger partial charge is 0.508 e. The molecule has 27 heavy (non-hydrogen) atoms. The van der Waals surface area contributed by atoms with Gasteiger partial charge in [-0.1, -0.05) is 0 Å². The molecule has 4 heterocycles. The SMILES string of the molecule is COC(=O)C1=CO[C@@H](C)[C@H]2CN3CCc4c([nH]c5cc(O)ccc45)[C@@H]3C[C@H]12. The standard InChI is InChI=1S/C21H24N2O4/c1-11-16-9-23-6-5-14-13-4-3-12(24)7-18(13)22-20(14)19(23)8-15(16)17(10-27-11)21(25)26-2/h3-4,7,10-11,15-16,19,22,24H,5-6,8-9H2,1-2H3/t11-,15-,16+,19-/m0/s1. The number of aromatic amines is 1. The van der Waals surface area contributed by atoms with Gasteiger partial charge in [0.05, 0.1) is 31.1 Å². The monoisotopic (exact) mass is 368 g/mol. The first kappa shape index (κ1) is 16.7. The van der Waals surface area contributed by atoms with Crippen molar-refractivity contribution in [3.8, 4) is 5.75 Å². The molecule has 4 atom stereocenters. The zero-order valence-corrected chi connectivity index (χ0v) is 15.6. The third kappa shape index (κ3) is 2.46. The van der Waals surface area contributed by atoms with Crippen molar-refractivity contribution in [2.24, 2.45) is 11.8 Å². The Morgan fingerprint density at radius 1 is 1.41 bits per heavy atom. The van der Waals surface area contributed by atoms with Gasteiger partial charge in [0, 0.05) is 47.6 Å². The van der Waals surface area contributed by atoms with Crippen LogP contribution < -0.4 is 0 Å². The summed E-state index contributed by atoms with van der Waals surface area (Å²) in [5.74, 6) is 0.405. The summed E-state index contributed by atoms with van der Waals surface area (Å²) in [4.78, 5) is 18.4. The average molecular weight is 368 g/mol. The van der Waals surface area contributed by atoms with E-state index in [0.717, 1.165) is 31.4 Å². The number of piperidine rings is 1. The number of benzene rings is 1. The number of nitrogens with zero attached hydrogens (tertiary/aromatic N) is 1. The van der Waals surface area contributed by atoms with Crippen molar-refractivity contribution in [1.82, 2.24) is 9.88 Å². The highest BCUT2D eigenvalue weighted by Gasteiger charge is 2.46. The van der Waals surface area contributed by atoms with Gasteiger partial charge >= 0.3 is 5.97 Å². The number of carbonyl (C=O) groups excluding carboxylic acids is 1. The predicted octanol–water partition coefficient (Wildman–Crippen LogP) is 2.88. The van der Waals surface area contributed by atoms with Crippen molar-refractivity contribution in [2.75, 3.05) is 20.2 Å². The maximum Gasteiger partial charge on any atom is 0.337 e. The van der Waals surface area contributed by atoms with Gasteiger partial charge in [0.2, 0.25) is 0 Å². The van der Waals surface area contributed by atoms with Gasteiger partial charge < -0.3 is 19.6 Å². The molecule has 0 saturated carbocycles. The zero-order chi connectivity index (χ0) is 18.7. The fraction of sp³-hybridized carbons (Fsp3) is 0.476. The molecule has 5 rings (SSSR count). The van der Waals surface area contributed by atoms with Gasteiger partial charge in [-0.25, -0.2) is 4.79 Å². The molecule has 1 aromatic heterocycles. The molecule has 0 bridgehead atoms. The fourth-order valence-corrected chi connectivity index (χ4v) is 5.23. The smallest absolute Gasteiger partial charge is 0.337 e. The Hall–Kier alpha value is -2.47. The summed E-state index contributed by atoms with van der Waals surface area (Å²) in [7, 11) is 1.42. The summed E-state index contributed by atoms with van der Waals surface area (Å²) in [6.45, 7) is 3.99. The first-order valence-electron chi connectivity index (χ1n) is 9.58. The van der Waals surface area contributed by atoms with Crippen molar-refractivity contribution in [2.45, 2.75) is 31.9 Å². The van der Waals surface area contributed by atoms with Crippen LogP contribution in [-0.2, 0) is 20.7 Å². The molecular formula is C21H24N2O4. The Bertz CT molecular complexity index is 947. The summed E-state index contributed by atoms with van der Waals surface area (Å²) in [5.41, 5.74) is 4.20. The third-order valence-corrected chi connectivity index (χ3v) is 6.62. The number of nitrogens with one attached hydrogen (secondary N) is 1. The van der Waals surface area contributed by atoms with Crippen LogP contribution in [0.4, 0.5) is 0 Å². The lowest BCUT2D eigenvalue weighted by molar-refractivity contribution is -0.139. The molecule has 1 saturated heterocycles. The number of H-pyrrole nitrogens is 1. The van der Waals surface area contributed by atoms with Crippen LogP contribution in [-0.4, -0.2) is 47.3 Å². The van der Waals surface area contributed by atoms with E-state index in [-0.39, 0.29) is 35.7 Å². The number of aromatic hydroxyl groups is 1. The molecule has 0 aliphatic carbocycles. The summed E-state index contributed by atoms with van der Waals surface area (Å²) in [6, 6.07) is 5.78. The average Bonchev–Trinajstić information content (AvgIpc) is 3.04. The van der Waals surface area contributed by atoms with E-state index in [0.29, 0.717) is 5.57 Å². The number of fused-ring (bicyclic) bond motifs is 6. The Kier molecular flexibility index (Phi) is 3.72. The summed E-state index contributed by atoms with van der Waals surface area (Å²) in [5, 5.41) is 11.0. The second-order valence-corrected chi connectivity index (χ2v) is 7.92. The van der Waals surface area contributed by atoms with Crippen molar-refractivity contribution >= 4 is 16.9 Å². The molecule has 2 N–H and O–H groups in total. The van der Waals surface area contributed by atoms with Gasteiger partial charge in [-0.15, -0.1) is 0 Å². The van der Waals surface area contributed by atoms with Crippen LogP contribution in [0.2, 0.25) is 0 Å². The molecule has 1 aromatic carbocycles. The van der Waals surface area contributed by atoms with Crippen molar-refractivity contribution < 1.29 is 19.4 Å². The van der Waals surface area contributed by atoms with E-state index in [1.165, 1.54) is 23.8 Å². The Balaban J connectivity index is 1.55. The minimum absolute atomic E-state index is 0.0883. The predicted molar refractivity (Wildman–Crippen MR) is 100 cm³/mol. The molecule has 0 amide bonds. The second kappa shape index (κ2) is 6.02. The van der Waals surface area contributed by atoms with E-state index < -0.39 is 0 Å². The van der Waals surface area contributed by atoms with E-state index in [1.807, 2.05) is 6.07 Å². The first-order valence-corrected chi connectivity index (χ1v) is 9.58. The minimum Gasteiger partial charge on any atom is -0.508 e. The Morgan fingerprint density at radius 2 is 2.26 bits per heavy atom. The number of ether oxygens (including phenoxy) is 2. The lowest BCUT2D eigenvalue weighted by Gasteiger charge is -2.49. The van der Waals surface area contributed by atoms with E-state index in [9.17, 15) is 9.90 Å². The molecule has 3 aliphatic rings. The van der Waals surface area contributed by atoms with E-state index in [4.69, 9.17) is 9.47 Å². The Labute approximate surface area is 157 Å². The first-order chi connectivity index (χ1) is 13.1. The molecule has 2 aromatic rings. The van der Waals surface area contributed by atoms with Crippen LogP contribution in [0.1, 0.15) is 30.6 Å². The minimum atomic E-state index is -0.289. The quantitative estimate of drug-likeness (QED) is 0.757. The molecule has 0 spiro atoms. The lowest BCUT2D eigenvalue weighted by Crippen LogP contribution is -2.51. The number of esters is 1. The van der Waals surface area contributed by atoms with E-state index in [1.54, 1.807) is 18.4 Å². The van der Waals surface area contributed by atoms with E-state index in [2.05, 4.69) is 16.8 Å². The summed E-state index contributed by atoms with van der Waals surface area (Å²) in [6.07, 6.45) is 3.55. The van der Waals surface area contributed by atoms with Gasteiger partial charge in [-0.3, -0.25) is 4.90 Å². The number of carbonyl (C=O) groups is 1. The number of rotatable bonds is 1. The van der Waals surface area contributed by atoms with Gasteiger partial charge in [-0.05, 0) is 37.5 Å². The molecule has 142 valence electrons. The van der Waals surface area contributed by atoms with Crippen LogP contribution in [0.3, 0.4) is 0 Å². The van der Waals surface area contributed by atoms with Crippen molar-refractivity contribution in [3.63, 3.8) is 0 Å². The summed E-state index contributed by atoms with van der Waals surface area (Å²) < 4.78 is 10.8. The van der Waals surface area contributed by atoms with Gasteiger partial charge in [0.15, 0.2) is 0 Å². The lowest BCUT2D eigenvalue weighted by atomic mass is 9.72. The molecule has 1 fully saturated rings. The van der Waals surface area contributed by atoms with Gasteiger partial charge in [0.1, 0.15) is 5.75 Å². The molecule has 0 radical (unpaired) electrons. The van der Waals surface area contributed by atoms with E-state index >= 15 is 0 Å². The van der Waals surface area contributed by atoms with Crippen LogP contribution in [0.25, 0.3) is 10.9 Å². The number of hydrogen-bond donors (Lipinski definition) is 2. The summed E-state index contributed by atoms with van der Waals surface area (Å²) >= 11 is 0. The topological polar surface area (TPSA) is 74.8 Å². The highest BCUT2D eigenvalue weighted by Crippen LogP contribution is 2.47. The highest BCUT2D eigenvalue weighted by molar-refractivity contribution is 5.89. The van der Waals surface area contributed by atoms with Crippen LogP contribution in [0.15, 0.2) is 30.0 Å². The van der Waals surface area contributed by atoms with Gasteiger partial charge in [0.25, 0.3) is 0 Å². The normalized spacial score (nSPS) is 29.9. The Morgan fingerprint density at radius 3 is 3.07 bits per heavy atom. The number of methoxy groups -OCH3 is 1. The second-order valence-electron chi connectivity index (χ2n) is 7.92. The third-order valence-electron chi connectivity index (χ3n) is 6.62. The molecule has 6 nitrogen and oxygen atoms in total. The van der Waals surface area contributed by atoms with Crippen molar-refractivity contribution in [3.05, 3.63) is 41.3 Å². The number of phenols is 1. The maximum absolute atomic E-state index is 12.3. The van der Waals surface area contributed by atoms with Gasteiger partial charge in [-0.2, -0.15) is 0 Å². The number of hydrogen-bond acceptors (Lipinski definition) is 5. The maximum atomic E-state index is 12.3. The van der Waals surface area contributed by atoms with Crippen LogP contribution in [0.5, 0.6) is 5.75 Å². The fourth-order valence-electron chi connectivity index (χ4n) is 5.23. The molecule has 6 heteroatoms. The zero-order valence-electron chi connectivity index (χ0n) is 15.6. The highest BCUT2D eigenvalue weighted by atomic mass is 16.5. The van der Waals surface area contributed by atoms with Crippen molar-refractivity contribution in [1.29, 1.82) is 0 Å². The number of aromatic nitrogens is 1. The van der Waals surface area contributed by atoms with Crippen LogP contribution in [0, 0.1) is 11.8 Å². The number of phenolic OH excluding ortho intramolecular Hbond substituents is 1. The van der Waals surface area contributed by atoms with Crippen LogP contribution >= 0.6 is 0 Å². The molecule has 0 unspecified atom stereocenters. The molecule has 3 aliphatic heterocycles.